The summed E-state index contributed by atoms with van der Waals surface area (Å²) < 4.78 is 38.1. The lowest BCUT2D eigenvalue weighted by atomic mass is 10.0. The molecule has 0 bridgehead atoms. The van der Waals surface area contributed by atoms with Crippen molar-refractivity contribution in [3.63, 3.8) is 0 Å². The van der Waals surface area contributed by atoms with Gasteiger partial charge in [-0.25, -0.2) is 0 Å². The molecule has 1 aliphatic carbocycles. The van der Waals surface area contributed by atoms with Gasteiger partial charge in [0.15, 0.2) is 0 Å². The maximum atomic E-state index is 12.7. The van der Waals surface area contributed by atoms with Crippen LogP contribution >= 0.6 is 11.6 Å². The molecule has 0 amide bonds. The maximum Gasteiger partial charge on any atom is 0.417 e. The van der Waals surface area contributed by atoms with Gasteiger partial charge in [-0.15, -0.1) is 0 Å². The highest BCUT2D eigenvalue weighted by Gasteiger charge is 2.42. The Labute approximate surface area is 109 Å². The Morgan fingerprint density at radius 3 is 2.44 bits per heavy atom. The summed E-state index contributed by atoms with van der Waals surface area (Å²) in [6.45, 7) is 4.13. The van der Waals surface area contributed by atoms with Crippen LogP contribution in [-0.4, -0.2) is 6.04 Å². The van der Waals surface area contributed by atoms with E-state index in [0.29, 0.717) is 5.69 Å². The van der Waals surface area contributed by atoms with Gasteiger partial charge in [-0.3, -0.25) is 0 Å². The summed E-state index contributed by atoms with van der Waals surface area (Å²) in [6.07, 6.45) is -2.19. The van der Waals surface area contributed by atoms with Gasteiger partial charge in [0.05, 0.1) is 10.6 Å². The molecule has 1 nitrogen and oxygen atoms in total. The summed E-state index contributed by atoms with van der Waals surface area (Å²) in [4.78, 5) is 0. The minimum Gasteiger partial charge on any atom is -0.382 e. The highest BCUT2D eigenvalue weighted by molar-refractivity contribution is 6.31. The van der Waals surface area contributed by atoms with E-state index < -0.39 is 11.7 Å². The van der Waals surface area contributed by atoms with Crippen molar-refractivity contribution >= 4 is 17.3 Å². The smallest absolute Gasteiger partial charge is 0.382 e. The van der Waals surface area contributed by atoms with E-state index in [9.17, 15) is 13.2 Å². The van der Waals surface area contributed by atoms with Crippen LogP contribution in [0.1, 0.15) is 32.3 Å². The number of benzene rings is 1. The lowest BCUT2D eigenvalue weighted by molar-refractivity contribution is -0.137. The van der Waals surface area contributed by atoms with Crippen molar-refractivity contribution in [1.82, 2.24) is 0 Å². The molecule has 1 aliphatic rings. The molecule has 0 spiro atoms. The van der Waals surface area contributed by atoms with Crippen LogP contribution in [0.4, 0.5) is 18.9 Å². The molecule has 0 aliphatic heterocycles. The van der Waals surface area contributed by atoms with Crippen LogP contribution in [0.3, 0.4) is 0 Å². The molecule has 100 valence electrons. The third-order valence-corrected chi connectivity index (χ3v) is 4.07. The highest BCUT2D eigenvalue weighted by atomic mass is 35.5. The molecule has 1 saturated carbocycles. The van der Waals surface area contributed by atoms with Crippen LogP contribution in [0.25, 0.3) is 0 Å². The second-order valence-electron chi connectivity index (χ2n) is 5.21. The zero-order valence-corrected chi connectivity index (χ0v) is 11.0. The molecule has 1 N–H and O–H groups in total. The van der Waals surface area contributed by atoms with Gasteiger partial charge in [0.1, 0.15) is 0 Å². The van der Waals surface area contributed by atoms with E-state index in [2.05, 4.69) is 12.2 Å². The van der Waals surface area contributed by atoms with Gasteiger partial charge in [0, 0.05) is 11.7 Å². The van der Waals surface area contributed by atoms with Crippen LogP contribution in [0.5, 0.6) is 0 Å². The van der Waals surface area contributed by atoms with E-state index >= 15 is 0 Å². The van der Waals surface area contributed by atoms with E-state index in [-0.39, 0.29) is 16.5 Å². The number of halogens is 4. The highest BCUT2D eigenvalue weighted by Crippen LogP contribution is 2.49. The Kier molecular flexibility index (Phi) is 3.26. The van der Waals surface area contributed by atoms with E-state index in [0.717, 1.165) is 18.9 Å². The first-order chi connectivity index (χ1) is 8.22. The quantitative estimate of drug-likeness (QED) is 0.823. The van der Waals surface area contributed by atoms with Crippen molar-refractivity contribution in [3.8, 4) is 0 Å². The third-order valence-electron chi connectivity index (χ3n) is 3.74. The summed E-state index contributed by atoms with van der Waals surface area (Å²) >= 11 is 5.57. The third kappa shape index (κ3) is 2.74. The van der Waals surface area contributed by atoms with E-state index in [1.54, 1.807) is 6.07 Å². The second kappa shape index (κ2) is 4.34. The average Bonchev–Trinajstić information content (AvgIpc) is 2.99. The van der Waals surface area contributed by atoms with Gasteiger partial charge in [-0.1, -0.05) is 18.5 Å². The molecule has 1 unspecified atom stereocenters. The largest absolute Gasteiger partial charge is 0.417 e. The number of anilines is 1. The van der Waals surface area contributed by atoms with Gasteiger partial charge in [0.25, 0.3) is 0 Å². The zero-order chi connectivity index (χ0) is 13.6. The van der Waals surface area contributed by atoms with Crippen LogP contribution in [0, 0.1) is 5.41 Å². The molecule has 0 aromatic heterocycles. The van der Waals surface area contributed by atoms with Gasteiger partial charge < -0.3 is 5.32 Å². The molecule has 0 radical (unpaired) electrons. The van der Waals surface area contributed by atoms with Gasteiger partial charge in [-0.2, -0.15) is 13.2 Å². The Hall–Kier alpha value is -0.900. The predicted octanol–water partition coefficient (Wildman–Crippen LogP) is 4.96. The van der Waals surface area contributed by atoms with Crippen molar-refractivity contribution in [2.75, 3.05) is 5.32 Å². The molecule has 2 rings (SSSR count). The number of hydrogen-bond acceptors (Lipinski definition) is 1. The number of nitrogens with one attached hydrogen (secondary N) is 1. The van der Waals surface area contributed by atoms with E-state index in [1.165, 1.54) is 6.07 Å². The van der Waals surface area contributed by atoms with Crippen LogP contribution in [0.15, 0.2) is 18.2 Å². The van der Waals surface area contributed by atoms with Gasteiger partial charge in [-0.05, 0) is 43.4 Å². The first-order valence-corrected chi connectivity index (χ1v) is 6.23. The first kappa shape index (κ1) is 13.5. The van der Waals surface area contributed by atoms with E-state index in [4.69, 9.17) is 11.6 Å². The Morgan fingerprint density at radius 2 is 1.94 bits per heavy atom. The van der Waals surface area contributed by atoms with Gasteiger partial charge >= 0.3 is 6.18 Å². The molecule has 0 saturated heterocycles. The molecule has 18 heavy (non-hydrogen) atoms. The maximum absolute atomic E-state index is 12.7. The predicted molar refractivity (Wildman–Crippen MR) is 66.9 cm³/mol. The van der Waals surface area contributed by atoms with Gasteiger partial charge in [0.2, 0.25) is 0 Å². The Balaban J connectivity index is 2.19. The molecular formula is C13H15ClF3N. The molecule has 1 aromatic rings. The topological polar surface area (TPSA) is 12.0 Å². The van der Waals surface area contributed by atoms with Crippen LogP contribution in [0.2, 0.25) is 5.02 Å². The second-order valence-corrected chi connectivity index (χ2v) is 5.62. The molecule has 0 heterocycles. The van der Waals surface area contributed by atoms with E-state index in [1.807, 2.05) is 6.92 Å². The molecular weight excluding hydrogens is 263 g/mol. The van der Waals surface area contributed by atoms with Crippen molar-refractivity contribution in [3.05, 3.63) is 28.8 Å². The fraction of sp³-hybridized carbons (Fsp3) is 0.538. The van der Waals surface area contributed by atoms with Crippen molar-refractivity contribution in [2.45, 2.75) is 38.9 Å². The number of hydrogen-bond donors (Lipinski definition) is 1. The van der Waals surface area contributed by atoms with Crippen molar-refractivity contribution in [2.24, 2.45) is 5.41 Å². The normalized spacial score (nSPS) is 19.4. The summed E-state index contributed by atoms with van der Waals surface area (Å²) in [6, 6.07) is 4.10. The number of rotatable bonds is 3. The Bertz CT molecular complexity index is 452. The molecule has 1 aromatic carbocycles. The zero-order valence-electron chi connectivity index (χ0n) is 10.2. The first-order valence-electron chi connectivity index (χ1n) is 5.86. The SMILES string of the molecule is CC(Nc1ccc(Cl)c(C(F)(F)F)c1)C1(C)CC1. The fourth-order valence-corrected chi connectivity index (χ4v) is 2.11. The molecule has 1 fully saturated rings. The monoisotopic (exact) mass is 277 g/mol. The minimum absolute atomic E-state index is 0.153. The van der Waals surface area contributed by atoms with Crippen LogP contribution in [-0.2, 0) is 6.18 Å². The summed E-state index contributed by atoms with van der Waals surface area (Å²) in [5.74, 6) is 0. The van der Waals surface area contributed by atoms with Crippen molar-refractivity contribution in [1.29, 1.82) is 0 Å². The summed E-state index contributed by atoms with van der Waals surface area (Å²) in [7, 11) is 0. The lowest BCUT2D eigenvalue weighted by Crippen LogP contribution is -2.25. The minimum atomic E-state index is -4.42. The number of alkyl halides is 3. The Morgan fingerprint density at radius 1 is 1.33 bits per heavy atom. The standard InChI is InChI=1S/C13H15ClF3N/c1-8(12(2)5-6-12)18-9-3-4-11(14)10(7-9)13(15,16)17/h3-4,7-8,18H,5-6H2,1-2H3. The molecule has 1 atom stereocenters. The summed E-state index contributed by atoms with van der Waals surface area (Å²) in [5, 5.41) is 2.86. The molecule has 5 heteroatoms. The average molecular weight is 278 g/mol. The van der Waals surface area contributed by atoms with Crippen LogP contribution < -0.4 is 5.32 Å². The summed E-state index contributed by atoms with van der Waals surface area (Å²) in [5.41, 5.74) is -0.118. The fourth-order valence-electron chi connectivity index (χ4n) is 1.89. The van der Waals surface area contributed by atoms with Crippen molar-refractivity contribution < 1.29 is 13.2 Å². The lowest BCUT2D eigenvalue weighted by Gasteiger charge is -2.22.